The first-order valence-corrected chi connectivity index (χ1v) is 11.2. The molecule has 4 aromatic carbocycles. The second-order valence-electron chi connectivity index (χ2n) is 7.95. The fourth-order valence-corrected chi connectivity index (χ4v) is 3.95. The number of hydrogen-bond donors (Lipinski definition) is 1. The number of aliphatic imine (C=N–C) groups is 1. The lowest BCUT2D eigenvalue weighted by atomic mass is 9.97. The molecule has 6 heteroatoms. The third-order valence-corrected chi connectivity index (χ3v) is 5.91. The molecule has 174 valence electrons. The van der Waals surface area contributed by atoms with Gasteiger partial charge in [0.25, 0.3) is 0 Å². The van der Waals surface area contributed by atoms with Gasteiger partial charge in [-0.15, -0.1) is 0 Å². The molecule has 35 heavy (non-hydrogen) atoms. The van der Waals surface area contributed by atoms with E-state index in [1.54, 1.807) is 21.3 Å². The second-order valence-corrected chi connectivity index (χ2v) is 7.95. The molecule has 6 nitrogen and oxygen atoms in total. The number of ether oxygens (including phenoxy) is 3. The van der Waals surface area contributed by atoms with E-state index in [1.165, 1.54) is 0 Å². The summed E-state index contributed by atoms with van der Waals surface area (Å²) in [6.45, 7) is 0. The molecular formula is C29H25N3O3. The molecule has 0 atom stereocenters. The molecule has 0 amide bonds. The lowest BCUT2D eigenvalue weighted by molar-refractivity contribution is 0.414. The van der Waals surface area contributed by atoms with Crippen LogP contribution in [0.1, 0.15) is 16.7 Å². The highest BCUT2D eigenvalue weighted by Gasteiger charge is 2.18. The zero-order chi connectivity index (χ0) is 24.2. The molecule has 0 unspecified atom stereocenters. The van der Waals surface area contributed by atoms with Crippen LogP contribution in [0.15, 0.2) is 101 Å². The van der Waals surface area contributed by atoms with Gasteiger partial charge in [-0.1, -0.05) is 36.4 Å². The monoisotopic (exact) mass is 463 g/mol. The van der Waals surface area contributed by atoms with Crippen LogP contribution in [0.25, 0.3) is 11.1 Å². The lowest BCUT2D eigenvalue weighted by Gasteiger charge is -2.11. The minimum Gasteiger partial charge on any atom is -0.497 e. The zero-order valence-electron chi connectivity index (χ0n) is 19.8. The largest absolute Gasteiger partial charge is 0.497 e. The molecular weight excluding hydrogens is 438 g/mol. The van der Waals surface area contributed by atoms with Crippen molar-refractivity contribution in [3.8, 4) is 28.4 Å². The normalized spacial score (nSPS) is 12.4. The molecule has 0 saturated carbocycles. The first-order valence-electron chi connectivity index (χ1n) is 11.2. The Kier molecular flexibility index (Phi) is 6.18. The van der Waals surface area contributed by atoms with Gasteiger partial charge in [0.2, 0.25) is 0 Å². The van der Waals surface area contributed by atoms with Crippen LogP contribution in [-0.4, -0.2) is 32.9 Å². The third-order valence-electron chi connectivity index (χ3n) is 5.91. The molecule has 1 heterocycles. The molecule has 0 fully saturated rings. The van der Waals surface area contributed by atoms with Crippen LogP contribution in [0.5, 0.6) is 17.2 Å². The average molecular weight is 464 g/mol. The van der Waals surface area contributed by atoms with Crippen molar-refractivity contribution in [2.75, 3.05) is 21.3 Å². The van der Waals surface area contributed by atoms with Gasteiger partial charge in [-0.05, 0) is 65.7 Å². The van der Waals surface area contributed by atoms with Gasteiger partial charge in [0.1, 0.15) is 23.0 Å². The maximum absolute atomic E-state index is 5.49. The van der Waals surface area contributed by atoms with Crippen molar-refractivity contribution in [2.24, 2.45) is 10.1 Å². The number of nitrogens with zero attached hydrogens (tertiary/aromatic N) is 2. The van der Waals surface area contributed by atoms with E-state index in [0.29, 0.717) is 5.84 Å². The summed E-state index contributed by atoms with van der Waals surface area (Å²) in [5.74, 6) is 3.02. The number of hydrogen-bond acceptors (Lipinski definition) is 6. The maximum atomic E-state index is 5.49. The third kappa shape index (κ3) is 4.59. The van der Waals surface area contributed by atoms with Crippen molar-refractivity contribution in [1.29, 1.82) is 0 Å². The molecule has 0 saturated heterocycles. The standard InChI is InChI=1S/C29H25N3O3/c1-33-23-12-8-20(9-13-23)19-4-6-21(7-5-19)28-26-18-25(35-3)16-17-27(26)30-29(32-31-28)22-10-14-24(34-2)15-11-22/h4-18H,1-3H3,(H,30,32). The summed E-state index contributed by atoms with van der Waals surface area (Å²) < 4.78 is 16.0. The van der Waals surface area contributed by atoms with Gasteiger partial charge in [-0.2, -0.15) is 5.10 Å². The van der Waals surface area contributed by atoms with E-state index in [2.05, 4.69) is 29.7 Å². The highest BCUT2D eigenvalue weighted by molar-refractivity contribution is 6.18. The Hall–Kier alpha value is -4.58. The van der Waals surface area contributed by atoms with Gasteiger partial charge in [0.05, 0.1) is 27.0 Å². The van der Waals surface area contributed by atoms with Gasteiger partial charge in [-0.25, -0.2) is 4.99 Å². The van der Waals surface area contributed by atoms with Crippen molar-refractivity contribution in [2.45, 2.75) is 0 Å². The summed E-state index contributed by atoms with van der Waals surface area (Å²) in [7, 11) is 4.97. The number of nitrogens with one attached hydrogen (secondary N) is 1. The molecule has 0 spiro atoms. The van der Waals surface area contributed by atoms with E-state index in [0.717, 1.165) is 56.5 Å². The summed E-state index contributed by atoms with van der Waals surface area (Å²) in [5.41, 5.74) is 9.75. The minimum absolute atomic E-state index is 0.656. The Labute approximate surface area is 204 Å². The van der Waals surface area contributed by atoms with E-state index in [-0.39, 0.29) is 0 Å². The van der Waals surface area contributed by atoms with Crippen LogP contribution >= 0.6 is 0 Å². The number of benzene rings is 4. The number of rotatable bonds is 6. The van der Waals surface area contributed by atoms with Gasteiger partial charge < -0.3 is 14.2 Å². The number of fused-ring (bicyclic) bond motifs is 1. The van der Waals surface area contributed by atoms with Crippen LogP contribution in [0.2, 0.25) is 0 Å². The van der Waals surface area contributed by atoms with E-state index in [4.69, 9.17) is 24.3 Å². The van der Waals surface area contributed by atoms with E-state index < -0.39 is 0 Å². The smallest absolute Gasteiger partial charge is 0.154 e. The molecule has 0 bridgehead atoms. The van der Waals surface area contributed by atoms with E-state index >= 15 is 0 Å². The zero-order valence-corrected chi connectivity index (χ0v) is 19.8. The SMILES string of the molecule is COc1ccc(C2=Nc3ccc(OC)cc3C(c3ccc(-c4ccc(OC)cc4)cc3)=NN2)cc1. The summed E-state index contributed by atoms with van der Waals surface area (Å²) >= 11 is 0. The summed E-state index contributed by atoms with van der Waals surface area (Å²) in [6.07, 6.45) is 0. The highest BCUT2D eigenvalue weighted by Crippen LogP contribution is 2.31. The van der Waals surface area contributed by atoms with Crippen molar-refractivity contribution in [3.05, 3.63) is 108 Å². The van der Waals surface area contributed by atoms with Crippen molar-refractivity contribution >= 4 is 17.2 Å². The maximum Gasteiger partial charge on any atom is 0.154 e. The van der Waals surface area contributed by atoms with Crippen molar-refractivity contribution in [1.82, 2.24) is 5.43 Å². The van der Waals surface area contributed by atoms with Crippen molar-refractivity contribution < 1.29 is 14.2 Å². The van der Waals surface area contributed by atoms with Gasteiger partial charge in [0.15, 0.2) is 5.84 Å². The minimum atomic E-state index is 0.656. The Morgan fingerprint density at radius 3 is 1.60 bits per heavy atom. The van der Waals surface area contributed by atoms with Gasteiger partial charge >= 0.3 is 0 Å². The first-order chi connectivity index (χ1) is 17.2. The predicted octanol–water partition coefficient (Wildman–Crippen LogP) is 5.81. The Morgan fingerprint density at radius 2 is 1.03 bits per heavy atom. The molecule has 1 N–H and O–H groups in total. The molecule has 4 aromatic rings. The predicted molar refractivity (Wildman–Crippen MR) is 139 cm³/mol. The van der Waals surface area contributed by atoms with Crippen LogP contribution in [0, 0.1) is 0 Å². The Bertz CT molecular complexity index is 1390. The molecule has 5 rings (SSSR count). The molecule has 0 aliphatic carbocycles. The average Bonchev–Trinajstić information content (AvgIpc) is 3.12. The van der Waals surface area contributed by atoms with E-state index in [9.17, 15) is 0 Å². The fourth-order valence-electron chi connectivity index (χ4n) is 3.95. The molecule has 1 aliphatic rings. The van der Waals surface area contributed by atoms with E-state index in [1.807, 2.05) is 66.7 Å². The fraction of sp³-hybridized carbons (Fsp3) is 0.103. The highest BCUT2D eigenvalue weighted by atomic mass is 16.5. The van der Waals surface area contributed by atoms with Gasteiger partial charge in [0, 0.05) is 16.7 Å². The summed E-state index contributed by atoms with van der Waals surface area (Å²) in [5, 5.41) is 4.77. The van der Waals surface area contributed by atoms with Crippen LogP contribution in [-0.2, 0) is 0 Å². The molecule has 0 aromatic heterocycles. The van der Waals surface area contributed by atoms with Crippen LogP contribution < -0.4 is 19.6 Å². The quantitative estimate of drug-likeness (QED) is 0.392. The second kappa shape index (κ2) is 9.73. The first kappa shape index (κ1) is 22.2. The lowest BCUT2D eigenvalue weighted by Crippen LogP contribution is -2.19. The van der Waals surface area contributed by atoms with Gasteiger partial charge in [-0.3, -0.25) is 5.43 Å². The van der Waals surface area contributed by atoms with Crippen LogP contribution in [0.4, 0.5) is 5.69 Å². The number of hydrazone groups is 1. The Morgan fingerprint density at radius 1 is 0.543 bits per heavy atom. The number of amidine groups is 1. The molecule has 1 aliphatic heterocycles. The van der Waals surface area contributed by atoms with Crippen LogP contribution in [0.3, 0.4) is 0 Å². The van der Waals surface area contributed by atoms with Crippen molar-refractivity contribution in [3.63, 3.8) is 0 Å². The summed E-state index contributed by atoms with van der Waals surface area (Å²) in [6, 6.07) is 29.9. The number of methoxy groups -OCH3 is 3. The Balaban J connectivity index is 1.53. The molecule has 0 radical (unpaired) electrons. The summed E-state index contributed by atoms with van der Waals surface area (Å²) in [4.78, 5) is 4.88. The topological polar surface area (TPSA) is 64.4 Å².